The summed E-state index contributed by atoms with van der Waals surface area (Å²) in [5.41, 5.74) is 4.36. The zero-order valence-electron chi connectivity index (χ0n) is 12.4. The maximum Gasteiger partial charge on any atom is 0.134 e. The van der Waals surface area contributed by atoms with Crippen LogP contribution in [-0.2, 0) is 13.0 Å². The number of nitrogens with zero attached hydrogens (tertiary/aromatic N) is 2. The van der Waals surface area contributed by atoms with Gasteiger partial charge in [-0.1, -0.05) is 23.4 Å². The number of nitrogens with one attached hydrogen (secondary N) is 1. The van der Waals surface area contributed by atoms with E-state index in [4.69, 9.17) is 4.52 Å². The standard InChI is InChI=1S/C18H17N3O/c1-13-12-17(20-22-13)18-15(8-11-21-9-4-5-10-21)14-6-2-3-7-16(14)19-18/h2-7,9-10,12,19H,8,11H2,1H3. The van der Waals surface area contributed by atoms with E-state index in [1.807, 2.05) is 19.1 Å². The number of aryl methyl sites for hydroxylation is 3. The van der Waals surface area contributed by atoms with Gasteiger partial charge in [-0.2, -0.15) is 0 Å². The monoisotopic (exact) mass is 291 g/mol. The molecule has 3 aromatic heterocycles. The van der Waals surface area contributed by atoms with Gasteiger partial charge >= 0.3 is 0 Å². The van der Waals surface area contributed by atoms with Crippen LogP contribution in [0.25, 0.3) is 22.3 Å². The van der Waals surface area contributed by atoms with Crippen LogP contribution in [0, 0.1) is 6.92 Å². The Kier molecular flexibility index (Phi) is 3.07. The molecule has 0 saturated heterocycles. The van der Waals surface area contributed by atoms with E-state index in [0.717, 1.165) is 35.6 Å². The highest BCUT2D eigenvalue weighted by Crippen LogP contribution is 2.30. The lowest BCUT2D eigenvalue weighted by Crippen LogP contribution is -1.99. The lowest BCUT2D eigenvalue weighted by atomic mass is 10.1. The first-order valence-corrected chi connectivity index (χ1v) is 7.45. The van der Waals surface area contributed by atoms with E-state index in [9.17, 15) is 0 Å². The first kappa shape index (κ1) is 13.0. The third-order valence-corrected chi connectivity index (χ3v) is 3.98. The van der Waals surface area contributed by atoms with Crippen molar-refractivity contribution in [3.05, 3.63) is 66.2 Å². The molecule has 4 heteroatoms. The van der Waals surface area contributed by atoms with E-state index in [2.05, 4.69) is 57.4 Å². The van der Waals surface area contributed by atoms with Crippen molar-refractivity contribution >= 4 is 10.9 Å². The predicted molar refractivity (Wildman–Crippen MR) is 86.7 cm³/mol. The van der Waals surface area contributed by atoms with Crippen molar-refractivity contribution in [2.45, 2.75) is 19.9 Å². The van der Waals surface area contributed by atoms with Crippen LogP contribution in [0.4, 0.5) is 0 Å². The third-order valence-electron chi connectivity index (χ3n) is 3.98. The highest BCUT2D eigenvalue weighted by molar-refractivity contribution is 5.90. The van der Waals surface area contributed by atoms with Crippen molar-refractivity contribution in [2.75, 3.05) is 0 Å². The van der Waals surface area contributed by atoms with Gasteiger partial charge in [-0.25, -0.2) is 0 Å². The Bertz CT molecular complexity index is 900. The molecule has 0 aliphatic heterocycles. The Morgan fingerprint density at radius 1 is 1.14 bits per heavy atom. The van der Waals surface area contributed by atoms with Crippen LogP contribution in [0.3, 0.4) is 0 Å². The first-order valence-electron chi connectivity index (χ1n) is 7.45. The summed E-state index contributed by atoms with van der Waals surface area (Å²) in [6, 6.07) is 14.5. The van der Waals surface area contributed by atoms with Crippen molar-refractivity contribution in [1.29, 1.82) is 0 Å². The average molecular weight is 291 g/mol. The largest absolute Gasteiger partial charge is 0.361 e. The van der Waals surface area contributed by atoms with Gasteiger partial charge in [0, 0.05) is 35.9 Å². The number of para-hydroxylation sites is 1. The molecule has 0 aliphatic carbocycles. The van der Waals surface area contributed by atoms with Crippen LogP contribution in [0.2, 0.25) is 0 Å². The Morgan fingerprint density at radius 3 is 2.73 bits per heavy atom. The fourth-order valence-electron chi connectivity index (χ4n) is 2.92. The normalized spacial score (nSPS) is 11.3. The second-order valence-corrected chi connectivity index (χ2v) is 5.52. The SMILES string of the molecule is Cc1cc(-c2[nH]c3ccccc3c2CCn2cccc2)no1. The number of aromatic amines is 1. The summed E-state index contributed by atoms with van der Waals surface area (Å²) >= 11 is 0. The summed E-state index contributed by atoms with van der Waals surface area (Å²) in [4.78, 5) is 3.49. The van der Waals surface area contributed by atoms with Crippen LogP contribution in [-0.4, -0.2) is 14.7 Å². The number of aromatic nitrogens is 3. The molecule has 1 aromatic carbocycles. The molecular formula is C18H17N3O. The van der Waals surface area contributed by atoms with Gasteiger partial charge < -0.3 is 14.1 Å². The van der Waals surface area contributed by atoms with E-state index in [1.54, 1.807) is 0 Å². The number of hydrogen-bond acceptors (Lipinski definition) is 2. The lowest BCUT2D eigenvalue weighted by Gasteiger charge is -2.04. The Morgan fingerprint density at radius 2 is 1.95 bits per heavy atom. The molecule has 110 valence electrons. The molecule has 22 heavy (non-hydrogen) atoms. The molecule has 0 radical (unpaired) electrons. The molecule has 0 spiro atoms. The van der Waals surface area contributed by atoms with Crippen LogP contribution in [0.1, 0.15) is 11.3 Å². The van der Waals surface area contributed by atoms with Crippen molar-refractivity contribution in [3.8, 4) is 11.4 Å². The quantitative estimate of drug-likeness (QED) is 0.613. The zero-order chi connectivity index (χ0) is 14.9. The Balaban J connectivity index is 1.79. The van der Waals surface area contributed by atoms with Gasteiger partial charge in [-0.15, -0.1) is 0 Å². The fourth-order valence-corrected chi connectivity index (χ4v) is 2.92. The summed E-state index contributed by atoms with van der Waals surface area (Å²) < 4.78 is 7.44. The van der Waals surface area contributed by atoms with Gasteiger partial charge in [-0.3, -0.25) is 0 Å². The third kappa shape index (κ3) is 2.22. The number of hydrogen-bond donors (Lipinski definition) is 1. The molecule has 4 rings (SSSR count). The van der Waals surface area contributed by atoms with E-state index in [-0.39, 0.29) is 0 Å². The summed E-state index contributed by atoms with van der Waals surface area (Å²) in [7, 11) is 0. The molecule has 0 atom stereocenters. The molecule has 4 aromatic rings. The smallest absolute Gasteiger partial charge is 0.134 e. The maximum absolute atomic E-state index is 5.25. The molecule has 0 amide bonds. The number of benzene rings is 1. The van der Waals surface area contributed by atoms with Gasteiger partial charge in [0.2, 0.25) is 0 Å². The first-order chi connectivity index (χ1) is 10.8. The summed E-state index contributed by atoms with van der Waals surface area (Å²) in [6.45, 7) is 2.86. The Hall–Kier alpha value is -2.75. The molecule has 0 aliphatic rings. The van der Waals surface area contributed by atoms with Gasteiger partial charge in [0.1, 0.15) is 11.5 Å². The van der Waals surface area contributed by atoms with Crippen LogP contribution in [0.15, 0.2) is 59.4 Å². The number of rotatable bonds is 4. The minimum atomic E-state index is 0.824. The summed E-state index contributed by atoms with van der Waals surface area (Å²) in [5, 5.41) is 5.43. The number of H-pyrrole nitrogens is 1. The lowest BCUT2D eigenvalue weighted by molar-refractivity contribution is 0.399. The van der Waals surface area contributed by atoms with E-state index >= 15 is 0 Å². The molecule has 0 fully saturated rings. The molecule has 0 bridgehead atoms. The summed E-state index contributed by atoms with van der Waals surface area (Å²) in [5.74, 6) is 0.824. The second kappa shape index (κ2) is 5.22. The van der Waals surface area contributed by atoms with Crippen LogP contribution >= 0.6 is 0 Å². The van der Waals surface area contributed by atoms with Gasteiger partial charge in [-0.05, 0) is 37.1 Å². The van der Waals surface area contributed by atoms with Crippen molar-refractivity contribution in [3.63, 3.8) is 0 Å². The molecule has 0 saturated carbocycles. The molecule has 1 N–H and O–H groups in total. The second-order valence-electron chi connectivity index (χ2n) is 5.52. The van der Waals surface area contributed by atoms with Crippen molar-refractivity contribution < 1.29 is 4.52 Å². The minimum Gasteiger partial charge on any atom is -0.361 e. The van der Waals surface area contributed by atoms with Gasteiger partial charge in [0.25, 0.3) is 0 Å². The highest BCUT2D eigenvalue weighted by atomic mass is 16.5. The zero-order valence-corrected chi connectivity index (χ0v) is 12.4. The van der Waals surface area contributed by atoms with Crippen LogP contribution in [0.5, 0.6) is 0 Å². The molecule has 4 nitrogen and oxygen atoms in total. The highest BCUT2D eigenvalue weighted by Gasteiger charge is 2.15. The molecule has 3 heterocycles. The molecular weight excluding hydrogens is 274 g/mol. The van der Waals surface area contributed by atoms with Gasteiger partial charge in [0.15, 0.2) is 0 Å². The Labute approximate surface area is 128 Å². The number of fused-ring (bicyclic) bond motifs is 1. The van der Waals surface area contributed by atoms with E-state index < -0.39 is 0 Å². The average Bonchev–Trinajstić information content (AvgIpc) is 3.24. The molecule has 0 unspecified atom stereocenters. The van der Waals surface area contributed by atoms with Gasteiger partial charge in [0.05, 0.1) is 5.69 Å². The maximum atomic E-state index is 5.25. The van der Waals surface area contributed by atoms with Crippen LogP contribution < -0.4 is 0 Å². The van der Waals surface area contributed by atoms with E-state index in [1.165, 1.54) is 10.9 Å². The van der Waals surface area contributed by atoms with E-state index in [0.29, 0.717) is 0 Å². The fraction of sp³-hybridized carbons (Fsp3) is 0.167. The van der Waals surface area contributed by atoms with Crippen molar-refractivity contribution in [2.24, 2.45) is 0 Å². The predicted octanol–water partition coefficient (Wildman–Crippen LogP) is 4.18. The topological polar surface area (TPSA) is 46.8 Å². The minimum absolute atomic E-state index is 0.824. The van der Waals surface area contributed by atoms with Crippen molar-refractivity contribution in [1.82, 2.24) is 14.7 Å². The summed E-state index contributed by atoms with van der Waals surface area (Å²) in [6.07, 6.45) is 5.13.